The van der Waals surface area contributed by atoms with Gasteiger partial charge in [0.25, 0.3) is 0 Å². The van der Waals surface area contributed by atoms with E-state index in [4.69, 9.17) is 4.74 Å². The maximum absolute atomic E-state index is 14.2. The minimum atomic E-state index is -0.550. The minimum absolute atomic E-state index is 0.174. The summed E-state index contributed by atoms with van der Waals surface area (Å²) < 4.78 is 22.1. The molecule has 3 aromatic rings. The Morgan fingerprint density at radius 1 is 0.970 bits per heavy atom. The normalized spacial score (nSPS) is 15.7. The van der Waals surface area contributed by atoms with Crippen molar-refractivity contribution in [2.24, 2.45) is 0 Å². The molecule has 1 aliphatic rings. The molecule has 1 N–H and O–H groups in total. The molecule has 0 bridgehead atoms. The van der Waals surface area contributed by atoms with E-state index in [-0.39, 0.29) is 5.82 Å². The minimum Gasteiger partial charge on any atom is -0.389 e. The number of benzene rings is 2. The fourth-order valence-electron chi connectivity index (χ4n) is 4.76. The predicted molar refractivity (Wildman–Crippen MR) is 129 cm³/mol. The molecule has 33 heavy (non-hydrogen) atoms. The Bertz CT molecular complexity index is 969. The van der Waals surface area contributed by atoms with Gasteiger partial charge in [-0.2, -0.15) is 0 Å². The molecular weight excluding hydrogens is 415 g/mol. The molecule has 4 nitrogen and oxygen atoms in total. The van der Waals surface area contributed by atoms with Gasteiger partial charge >= 0.3 is 0 Å². The monoisotopic (exact) mass is 450 g/mol. The number of hydrogen-bond acceptors (Lipinski definition) is 3. The lowest BCUT2D eigenvalue weighted by Gasteiger charge is -2.35. The molecule has 1 fully saturated rings. The van der Waals surface area contributed by atoms with Gasteiger partial charge in [0.1, 0.15) is 5.82 Å². The van der Waals surface area contributed by atoms with Crippen LogP contribution in [0.2, 0.25) is 0 Å². The number of rotatable bonds is 11. The molecule has 1 aromatic heterocycles. The quantitative estimate of drug-likeness (QED) is 0.426. The van der Waals surface area contributed by atoms with E-state index in [2.05, 4.69) is 15.5 Å². The van der Waals surface area contributed by atoms with Crippen molar-refractivity contribution in [2.45, 2.75) is 63.9 Å². The summed E-state index contributed by atoms with van der Waals surface area (Å²) in [5, 5.41) is 10.8. The second-order valence-electron chi connectivity index (χ2n) is 9.09. The van der Waals surface area contributed by atoms with Gasteiger partial charge in [-0.15, -0.1) is 0 Å². The van der Waals surface area contributed by atoms with E-state index in [0.29, 0.717) is 37.9 Å². The van der Waals surface area contributed by atoms with Gasteiger partial charge in [0, 0.05) is 36.6 Å². The second-order valence-corrected chi connectivity index (χ2v) is 9.09. The second kappa shape index (κ2) is 12.1. The number of hydrogen-bond donors (Lipinski definition) is 1. The maximum Gasteiger partial charge on any atom is 0.128 e. The summed E-state index contributed by atoms with van der Waals surface area (Å²) in [5.41, 5.74) is 2.94. The fourth-order valence-corrected chi connectivity index (χ4v) is 4.76. The molecule has 1 saturated carbocycles. The molecule has 2 aromatic carbocycles. The highest BCUT2D eigenvalue weighted by molar-refractivity contribution is 5.20. The average molecular weight is 451 g/mol. The van der Waals surface area contributed by atoms with Crippen molar-refractivity contribution >= 4 is 0 Å². The van der Waals surface area contributed by atoms with Crippen LogP contribution in [0.5, 0.6) is 0 Å². The lowest BCUT2D eigenvalue weighted by atomic mass is 9.94. The zero-order valence-corrected chi connectivity index (χ0v) is 19.3. The lowest BCUT2D eigenvalue weighted by molar-refractivity contribution is -0.00384. The first-order valence-electron chi connectivity index (χ1n) is 12.1. The molecule has 176 valence electrons. The van der Waals surface area contributed by atoms with E-state index in [0.717, 1.165) is 30.6 Å². The molecule has 1 heterocycles. The largest absolute Gasteiger partial charge is 0.389 e. The number of halogens is 1. The van der Waals surface area contributed by atoms with Crippen LogP contribution in [0.25, 0.3) is 0 Å². The highest BCUT2D eigenvalue weighted by Gasteiger charge is 2.24. The van der Waals surface area contributed by atoms with E-state index in [1.807, 2.05) is 54.7 Å². The Kier molecular flexibility index (Phi) is 8.70. The van der Waals surface area contributed by atoms with Crippen LogP contribution in [0.4, 0.5) is 4.39 Å². The Morgan fingerprint density at radius 2 is 1.73 bits per heavy atom. The van der Waals surface area contributed by atoms with E-state index < -0.39 is 6.10 Å². The van der Waals surface area contributed by atoms with Crippen LogP contribution in [0, 0.1) is 5.82 Å². The zero-order valence-electron chi connectivity index (χ0n) is 19.3. The molecule has 4 rings (SSSR count). The first kappa shape index (κ1) is 23.7. The van der Waals surface area contributed by atoms with Crippen molar-refractivity contribution in [3.8, 4) is 0 Å². The molecule has 5 heteroatoms. The standard InChI is InChI=1S/C28H35FN2O2/c29-28-16-8-7-12-24(28)18-30-17-9-15-26(30)19-31(25-13-5-2-6-14-25)20-27(32)22-33-21-23-10-3-1-4-11-23/h1,3-4,7-12,15-17,25,27,32H,2,5-6,13-14,18-22H2. The lowest BCUT2D eigenvalue weighted by Crippen LogP contribution is -2.42. The third kappa shape index (κ3) is 7.00. The van der Waals surface area contributed by atoms with E-state index in [9.17, 15) is 9.50 Å². The summed E-state index contributed by atoms with van der Waals surface area (Å²) in [7, 11) is 0. The Balaban J connectivity index is 1.39. The Morgan fingerprint density at radius 3 is 2.52 bits per heavy atom. The zero-order chi connectivity index (χ0) is 22.9. The van der Waals surface area contributed by atoms with Crippen molar-refractivity contribution in [3.05, 3.63) is 95.6 Å². The maximum atomic E-state index is 14.2. The predicted octanol–water partition coefficient (Wildman–Crippen LogP) is 5.39. The molecule has 0 aliphatic heterocycles. The highest BCUT2D eigenvalue weighted by Crippen LogP contribution is 2.25. The average Bonchev–Trinajstić information content (AvgIpc) is 3.28. The molecule has 0 amide bonds. The van der Waals surface area contributed by atoms with Crippen LogP contribution < -0.4 is 0 Å². The van der Waals surface area contributed by atoms with Crippen molar-refractivity contribution in [2.75, 3.05) is 13.2 Å². The number of aliphatic hydroxyl groups is 1. The molecule has 1 aliphatic carbocycles. The van der Waals surface area contributed by atoms with E-state index in [1.54, 1.807) is 6.07 Å². The number of aliphatic hydroxyl groups excluding tert-OH is 1. The van der Waals surface area contributed by atoms with Crippen LogP contribution in [0.1, 0.15) is 48.9 Å². The topological polar surface area (TPSA) is 37.6 Å². The van der Waals surface area contributed by atoms with Gasteiger partial charge in [-0.05, 0) is 36.6 Å². The summed E-state index contributed by atoms with van der Waals surface area (Å²) >= 11 is 0. The van der Waals surface area contributed by atoms with Gasteiger partial charge in [0.05, 0.1) is 25.9 Å². The summed E-state index contributed by atoms with van der Waals surface area (Å²) in [6, 6.07) is 21.6. The van der Waals surface area contributed by atoms with Crippen molar-refractivity contribution in [3.63, 3.8) is 0 Å². The van der Waals surface area contributed by atoms with Crippen molar-refractivity contribution in [1.29, 1.82) is 0 Å². The summed E-state index contributed by atoms with van der Waals surface area (Å²) in [4.78, 5) is 2.41. The van der Waals surface area contributed by atoms with E-state index >= 15 is 0 Å². The number of aromatic nitrogens is 1. The van der Waals surface area contributed by atoms with Crippen molar-refractivity contribution < 1.29 is 14.2 Å². The van der Waals surface area contributed by atoms with Crippen LogP contribution in [-0.2, 0) is 24.4 Å². The van der Waals surface area contributed by atoms with E-state index in [1.165, 1.54) is 25.3 Å². The molecule has 1 unspecified atom stereocenters. The van der Waals surface area contributed by atoms with Gasteiger partial charge < -0.3 is 14.4 Å². The third-order valence-corrected chi connectivity index (χ3v) is 6.55. The fraction of sp³-hybridized carbons (Fsp3) is 0.429. The molecule has 0 spiro atoms. The summed E-state index contributed by atoms with van der Waals surface area (Å²) in [5.74, 6) is -0.174. The van der Waals surface area contributed by atoms with Crippen LogP contribution in [0.15, 0.2) is 72.9 Å². The smallest absolute Gasteiger partial charge is 0.128 e. The third-order valence-electron chi connectivity index (χ3n) is 6.55. The summed E-state index contributed by atoms with van der Waals surface area (Å²) in [6.45, 7) is 2.64. The van der Waals surface area contributed by atoms with Crippen molar-refractivity contribution in [1.82, 2.24) is 9.47 Å². The number of ether oxygens (including phenoxy) is 1. The Labute approximate surface area is 196 Å². The van der Waals surface area contributed by atoms with Crippen LogP contribution >= 0.6 is 0 Å². The van der Waals surface area contributed by atoms with Crippen LogP contribution in [0.3, 0.4) is 0 Å². The van der Waals surface area contributed by atoms with Gasteiger partial charge in [0.15, 0.2) is 0 Å². The first-order valence-corrected chi connectivity index (χ1v) is 12.1. The molecular formula is C28H35FN2O2. The Hall–Kier alpha value is -2.47. The van der Waals surface area contributed by atoms with Gasteiger partial charge in [-0.3, -0.25) is 4.90 Å². The first-order chi connectivity index (χ1) is 16.2. The van der Waals surface area contributed by atoms with Gasteiger partial charge in [-0.25, -0.2) is 4.39 Å². The highest BCUT2D eigenvalue weighted by atomic mass is 19.1. The van der Waals surface area contributed by atoms with Gasteiger partial charge in [-0.1, -0.05) is 67.8 Å². The molecule has 0 radical (unpaired) electrons. The number of nitrogens with zero attached hydrogens (tertiary/aromatic N) is 2. The molecule has 1 atom stereocenters. The van der Waals surface area contributed by atoms with Gasteiger partial charge in [0.2, 0.25) is 0 Å². The molecule has 0 saturated heterocycles. The van der Waals surface area contributed by atoms with Crippen LogP contribution in [-0.4, -0.2) is 39.9 Å². The SMILES string of the molecule is OC(COCc1ccccc1)CN(Cc1cccn1Cc1ccccc1F)C1CCCCC1. The summed E-state index contributed by atoms with van der Waals surface area (Å²) in [6.07, 6.45) is 7.54.